The molecule has 174 valence electrons. The number of nitrogens with one attached hydrogen (secondary N) is 1. The number of fused-ring (bicyclic) bond motifs is 1. The maximum Gasteiger partial charge on any atom is 0.324 e. The Morgan fingerprint density at radius 3 is 2.41 bits per heavy atom. The summed E-state index contributed by atoms with van der Waals surface area (Å²) in [7, 11) is 0. The van der Waals surface area contributed by atoms with Crippen LogP contribution in [0.4, 0.5) is 20.6 Å². The third kappa shape index (κ3) is 4.66. The molecule has 0 spiro atoms. The van der Waals surface area contributed by atoms with Gasteiger partial charge in [0.1, 0.15) is 19.0 Å². The quantitative estimate of drug-likeness (QED) is 0.599. The number of hydrogen-bond acceptors (Lipinski definition) is 4. The van der Waals surface area contributed by atoms with E-state index < -0.39 is 0 Å². The number of ether oxygens (including phenoxy) is 2. The van der Waals surface area contributed by atoms with E-state index in [0.717, 1.165) is 17.7 Å². The highest BCUT2D eigenvalue weighted by Gasteiger charge is 2.27. The van der Waals surface area contributed by atoms with Crippen LogP contribution in [0, 0.1) is 5.82 Å². The Hall–Kier alpha value is -4.07. The zero-order chi connectivity index (χ0) is 23.5. The molecule has 2 aliphatic rings. The number of anilines is 2. The third-order valence-corrected chi connectivity index (χ3v) is 5.84. The molecule has 3 amide bonds. The lowest BCUT2D eigenvalue weighted by Gasteiger charge is -2.35. The summed E-state index contributed by atoms with van der Waals surface area (Å²) in [5.41, 5.74) is 2.69. The molecule has 3 aromatic rings. The van der Waals surface area contributed by atoms with Gasteiger partial charge in [-0.3, -0.25) is 9.69 Å². The molecule has 5 rings (SSSR count). The zero-order valence-corrected chi connectivity index (χ0v) is 18.5. The molecule has 2 heterocycles. The largest absolute Gasteiger partial charge is 0.486 e. The Labute approximate surface area is 196 Å². The van der Waals surface area contributed by atoms with Gasteiger partial charge in [0.2, 0.25) is 0 Å². The molecule has 2 aliphatic heterocycles. The van der Waals surface area contributed by atoms with Gasteiger partial charge in [-0.15, -0.1) is 0 Å². The average Bonchev–Trinajstić information content (AvgIpc) is 2.87. The van der Waals surface area contributed by atoms with Crippen molar-refractivity contribution in [1.29, 1.82) is 0 Å². The Morgan fingerprint density at radius 1 is 0.912 bits per heavy atom. The molecule has 7 nitrogen and oxygen atoms in total. The third-order valence-electron chi connectivity index (χ3n) is 5.84. The number of urea groups is 1. The molecular weight excluding hydrogens is 437 g/mol. The minimum Gasteiger partial charge on any atom is -0.486 e. The first-order chi connectivity index (χ1) is 16.6. The molecule has 0 aromatic heterocycles. The lowest BCUT2D eigenvalue weighted by molar-refractivity contribution is 0.102. The fraction of sp³-hybridized carbons (Fsp3) is 0.231. The van der Waals surface area contributed by atoms with Crippen molar-refractivity contribution in [3.8, 4) is 11.5 Å². The number of carbonyl (C=O) groups is 2. The highest BCUT2D eigenvalue weighted by molar-refractivity contribution is 6.05. The molecule has 0 saturated carbocycles. The van der Waals surface area contributed by atoms with E-state index in [1.807, 2.05) is 0 Å². The number of hydrogen-bond donors (Lipinski definition) is 1. The zero-order valence-electron chi connectivity index (χ0n) is 18.5. The van der Waals surface area contributed by atoms with Crippen molar-refractivity contribution >= 4 is 23.3 Å². The number of nitrogens with zero attached hydrogens (tertiary/aromatic N) is 2. The normalized spacial score (nSPS) is 15.3. The first-order valence-electron chi connectivity index (χ1n) is 11.2. The second kappa shape index (κ2) is 9.43. The maximum absolute atomic E-state index is 13.2. The fourth-order valence-corrected chi connectivity index (χ4v) is 4.10. The standard InChI is InChI=1S/C26H24FN3O4/c27-20-6-2-18(3-7-20)17-29-12-1-13-30(26(29)32)22-9-4-19(5-10-22)25(31)28-21-8-11-23-24(16-21)34-15-14-33-23/h2-11,16H,1,12-15,17H2,(H,28,31). The summed E-state index contributed by atoms with van der Waals surface area (Å²) in [5, 5.41) is 2.86. The fourth-order valence-electron chi connectivity index (χ4n) is 4.10. The highest BCUT2D eigenvalue weighted by Crippen LogP contribution is 2.32. The smallest absolute Gasteiger partial charge is 0.324 e. The van der Waals surface area contributed by atoms with Gasteiger partial charge in [-0.2, -0.15) is 0 Å². The summed E-state index contributed by atoms with van der Waals surface area (Å²) in [4.78, 5) is 29.2. The molecule has 3 aromatic carbocycles. The molecular formula is C26H24FN3O4. The van der Waals surface area contributed by atoms with Crippen LogP contribution in [-0.4, -0.2) is 43.1 Å². The first-order valence-corrected chi connectivity index (χ1v) is 11.2. The molecule has 0 bridgehead atoms. The molecule has 0 unspecified atom stereocenters. The van der Waals surface area contributed by atoms with E-state index in [0.29, 0.717) is 55.6 Å². The second-order valence-corrected chi connectivity index (χ2v) is 8.20. The minimum atomic E-state index is -0.298. The van der Waals surface area contributed by atoms with Crippen molar-refractivity contribution < 1.29 is 23.5 Å². The lowest BCUT2D eigenvalue weighted by Crippen LogP contribution is -2.49. The number of carbonyl (C=O) groups excluding carboxylic acids is 2. The molecule has 0 radical (unpaired) electrons. The lowest BCUT2D eigenvalue weighted by atomic mass is 10.1. The minimum absolute atomic E-state index is 0.107. The predicted molar refractivity (Wildman–Crippen MR) is 126 cm³/mol. The van der Waals surface area contributed by atoms with Crippen molar-refractivity contribution in [2.45, 2.75) is 13.0 Å². The molecule has 34 heavy (non-hydrogen) atoms. The van der Waals surface area contributed by atoms with Crippen LogP contribution < -0.4 is 19.7 Å². The van der Waals surface area contributed by atoms with Gasteiger partial charge in [-0.05, 0) is 60.5 Å². The topological polar surface area (TPSA) is 71.1 Å². The van der Waals surface area contributed by atoms with Crippen molar-refractivity contribution in [3.63, 3.8) is 0 Å². The molecule has 1 saturated heterocycles. The summed E-state index contributed by atoms with van der Waals surface area (Å²) < 4.78 is 24.2. The molecule has 0 aliphatic carbocycles. The molecule has 8 heteroatoms. The highest BCUT2D eigenvalue weighted by atomic mass is 19.1. The number of benzene rings is 3. The van der Waals surface area contributed by atoms with Crippen LogP contribution >= 0.6 is 0 Å². The number of amides is 3. The van der Waals surface area contributed by atoms with E-state index in [1.165, 1.54) is 12.1 Å². The van der Waals surface area contributed by atoms with Gasteiger partial charge in [0.15, 0.2) is 11.5 Å². The summed E-state index contributed by atoms with van der Waals surface area (Å²) in [5.74, 6) is 0.709. The molecule has 0 atom stereocenters. The van der Waals surface area contributed by atoms with Gasteiger partial charge >= 0.3 is 6.03 Å². The summed E-state index contributed by atoms with van der Waals surface area (Å²) >= 11 is 0. The van der Waals surface area contributed by atoms with E-state index in [-0.39, 0.29) is 17.8 Å². The monoisotopic (exact) mass is 461 g/mol. The first kappa shape index (κ1) is 21.8. The number of rotatable bonds is 5. The average molecular weight is 461 g/mol. The van der Waals surface area contributed by atoms with Gasteiger partial charge in [-0.1, -0.05) is 12.1 Å². The van der Waals surface area contributed by atoms with Crippen molar-refractivity contribution in [3.05, 3.63) is 83.7 Å². The van der Waals surface area contributed by atoms with Gasteiger partial charge < -0.3 is 19.7 Å². The summed E-state index contributed by atoms with van der Waals surface area (Å²) in [6, 6.07) is 18.3. The van der Waals surface area contributed by atoms with Crippen LogP contribution in [-0.2, 0) is 6.54 Å². The van der Waals surface area contributed by atoms with Crippen molar-refractivity contribution in [2.24, 2.45) is 0 Å². The van der Waals surface area contributed by atoms with Crippen molar-refractivity contribution in [1.82, 2.24) is 4.90 Å². The van der Waals surface area contributed by atoms with Gasteiger partial charge in [-0.25, -0.2) is 9.18 Å². The SMILES string of the molecule is O=C(Nc1ccc2c(c1)OCCO2)c1ccc(N2CCCN(Cc3ccc(F)cc3)C2=O)cc1. The van der Waals surface area contributed by atoms with Crippen molar-refractivity contribution in [2.75, 3.05) is 36.5 Å². The van der Waals surface area contributed by atoms with Crippen LogP contribution in [0.5, 0.6) is 11.5 Å². The summed E-state index contributed by atoms with van der Waals surface area (Å²) in [6.07, 6.45) is 0.819. The van der Waals surface area contributed by atoms with E-state index in [4.69, 9.17) is 9.47 Å². The van der Waals surface area contributed by atoms with Crippen LogP contribution in [0.25, 0.3) is 0 Å². The van der Waals surface area contributed by atoms with E-state index in [1.54, 1.807) is 64.4 Å². The Kier molecular flexibility index (Phi) is 6.03. The van der Waals surface area contributed by atoms with E-state index >= 15 is 0 Å². The Morgan fingerprint density at radius 2 is 1.65 bits per heavy atom. The van der Waals surface area contributed by atoms with Crippen LogP contribution in [0.15, 0.2) is 66.7 Å². The van der Waals surface area contributed by atoms with E-state index in [9.17, 15) is 14.0 Å². The van der Waals surface area contributed by atoms with Gasteiger partial charge in [0.05, 0.1) is 0 Å². The Bertz CT molecular complexity index is 1200. The number of halogens is 1. The van der Waals surface area contributed by atoms with Crippen LogP contribution in [0.2, 0.25) is 0 Å². The second-order valence-electron chi connectivity index (χ2n) is 8.20. The molecule has 1 N–H and O–H groups in total. The van der Waals surface area contributed by atoms with E-state index in [2.05, 4.69) is 5.32 Å². The maximum atomic E-state index is 13.2. The summed E-state index contributed by atoms with van der Waals surface area (Å²) in [6.45, 7) is 2.65. The van der Waals surface area contributed by atoms with Gasteiger partial charge in [0.25, 0.3) is 5.91 Å². The Balaban J connectivity index is 1.24. The van der Waals surface area contributed by atoms with Crippen LogP contribution in [0.3, 0.4) is 0 Å². The van der Waals surface area contributed by atoms with Gasteiger partial charge in [0, 0.05) is 42.6 Å². The molecule has 1 fully saturated rings. The predicted octanol–water partition coefficient (Wildman–Crippen LogP) is 4.68. The van der Waals surface area contributed by atoms with Crippen LogP contribution in [0.1, 0.15) is 22.3 Å².